The van der Waals surface area contributed by atoms with Gasteiger partial charge in [-0.3, -0.25) is 0 Å². The Kier molecular flexibility index (Phi) is 3.63. The third-order valence-electron chi connectivity index (χ3n) is 2.79. The molecule has 1 saturated heterocycles. The van der Waals surface area contributed by atoms with Gasteiger partial charge in [0.25, 0.3) is 5.89 Å². The van der Waals surface area contributed by atoms with E-state index in [1.165, 1.54) is 0 Å². The van der Waals surface area contributed by atoms with Crippen LogP contribution in [0.25, 0.3) is 11.5 Å². The molecule has 1 atom stereocenters. The first-order valence-electron chi connectivity index (χ1n) is 5.82. The molecule has 1 fully saturated rings. The van der Waals surface area contributed by atoms with Crippen LogP contribution in [0.1, 0.15) is 11.9 Å². The van der Waals surface area contributed by atoms with Gasteiger partial charge in [-0.25, -0.2) is 0 Å². The van der Waals surface area contributed by atoms with E-state index in [1.54, 1.807) is 18.2 Å². The summed E-state index contributed by atoms with van der Waals surface area (Å²) in [4.78, 5) is 4.36. The number of hydrogen-bond donors (Lipinski definition) is 1. The highest BCUT2D eigenvalue weighted by atomic mass is 35.5. The van der Waals surface area contributed by atoms with Crippen molar-refractivity contribution in [1.82, 2.24) is 10.1 Å². The molecule has 1 aliphatic heterocycles. The topological polar surface area (TPSA) is 74.2 Å². The van der Waals surface area contributed by atoms with Crippen molar-refractivity contribution in [2.24, 2.45) is 0 Å². The van der Waals surface area contributed by atoms with Gasteiger partial charge in [-0.05, 0) is 18.2 Å². The predicted molar refractivity (Wildman–Crippen MR) is 75.2 cm³/mol. The maximum absolute atomic E-state index is 5.98. The van der Waals surface area contributed by atoms with Gasteiger partial charge >= 0.3 is 0 Å². The number of rotatable bonds is 2. The normalized spacial score (nSPS) is 19.5. The first-order valence-corrected chi connectivity index (χ1v) is 7.35. The SMILES string of the molecule is Nc1ccc(-c2nc(C3CSCCO3)no2)cc1Cl. The van der Waals surface area contributed by atoms with Crippen LogP contribution < -0.4 is 5.73 Å². The van der Waals surface area contributed by atoms with Crippen molar-refractivity contribution >= 4 is 29.1 Å². The molecule has 2 heterocycles. The van der Waals surface area contributed by atoms with E-state index in [9.17, 15) is 0 Å². The number of hydrogen-bond acceptors (Lipinski definition) is 6. The van der Waals surface area contributed by atoms with Gasteiger partial charge < -0.3 is 15.0 Å². The summed E-state index contributed by atoms with van der Waals surface area (Å²) in [5.74, 6) is 2.86. The Balaban J connectivity index is 1.85. The number of nitrogens with zero attached hydrogens (tertiary/aromatic N) is 2. The molecule has 0 aliphatic carbocycles. The average molecular weight is 298 g/mol. The minimum Gasteiger partial charge on any atom is -0.398 e. The van der Waals surface area contributed by atoms with Gasteiger partial charge in [0, 0.05) is 17.1 Å². The van der Waals surface area contributed by atoms with Crippen molar-refractivity contribution in [2.75, 3.05) is 23.8 Å². The fourth-order valence-electron chi connectivity index (χ4n) is 1.78. The van der Waals surface area contributed by atoms with Crippen molar-refractivity contribution < 1.29 is 9.26 Å². The lowest BCUT2D eigenvalue weighted by atomic mass is 10.2. The van der Waals surface area contributed by atoms with Crippen molar-refractivity contribution in [3.8, 4) is 11.5 Å². The number of halogens is 1. The second-order valence-electron chi connectivity index (χ2n) is 4.13. The van der Waals surface area contributed by atoms with E-state index in [2.05, 4.69) is 10.1 Å². The standard InChI is InChI=1S/C12H12ClN3O2S/c13-8-5-7(1-2-9(8)14)12-15-11(16-18-12)10-6-19-4-3-17-10/h1-2,5,10H,3-4,6,14H2. The molecule has 100 valence electrons. The molecule has 2 N–H and O–H groups in total. The molecule has 0 bridgehead atoms. The van der Waals surface area contributed by atoms with Gasteiger partial charge in [0.15, 0.2) is 0 Å². The molecule has 7 heteroatoms. The Hall–Kier alpha value is -1.24. The van der Waals surface area contributed by atoms with Crippen molar-refractivity contribution in [1.29, 1.82) is 0 Å². The van der Waals surface area contributed by atoms with E-state index in [0.717, 1.165) is 17.1 Å². The van der Waals surface area contributed by atoms with Crippen LogP contribution >= 0.6 is 23.4 Å². The summed E-state index contributed by atoms with van der Waals surface area (Å²) in [6, 6.07) is 5.23. The maximum atomic E-state index is 5.98. The monoisotopic (exact) mass is 297 g/mol. The third kappa shape index (κ3) is 2.70. The zero-order chi connectivity index (χ0) is 13.2. The number of nitrogens with two attached hydrogens (primary N) is 1. The number of nitrogen functional groups attached to an aromatic ring is 1. The Morgan fingerprint density at radius 1 is 1.42 bits per heavy atom. The lowest BCUT2D eigenvalue weighted by Crippen LogP contribution is -2.16. The third-order valence-corrected chi connectivity index (χ3v) is 4.11. The molecule has 3 rings (SSSR count). The highest BCUT2D eigenvalue weighted by Gasteiger charge is 2.22. The number of thioether (sulfide) groups is 1. The number of ether oxygens (including phenoxy) is 1. The van der Waals surface area contributed by atoms with E-state index in [0.29, 0.717) is 29.0 Å². The van der Waals surface area contributed by atoms with E-state index in [-0.39, 0.29) is 6.10 Å². The second-order valence-corrected chi connectivity index (χ2v) is 5.69. The number of aromatic nitrogens is 2. The Labute approximate surface area is 119 Å². The molecule has 0 saturated carbocycles. The molecule has 1 aromatic heterocycles. The second kappa shape index (κ2) is 5.40. The van der Waals surface area contributed by atoms with Crippen LogP contribution in [0, 0.1) is 0 Å². The van der Waals surface area contributed by atoms with Crippen LogP contribution in [-0.2, 0) is 4.74 Å². The lowest BCUT2D eigenvalue weighted by molar-refractivity contribution is 0.0677. The summed E-state index contributed by atoms with van der Waals surface area (Å²) in [5.41, 5.74) is 6.94. The maximum Gasteiger partial charge on any atom is 0.258 e. The summed E-state index contributed by atoms with van der Waals surface area (Å²) < 4.78 is 10.9. The molecule has 1 aromatic carbocycles. The van der Waals surface area contributed by atoms with E-state index < -0.39 is 0 Å². The molecule has 0 amide bonds. The molecule has 1 unspecified atom stereocenters. The van der Waals surface area contributed by atoms with E-state index in [4.69, 9.17) is 26.6 Å². The Morgan fingerprint density at radius 3 is 3.05 bits per heavy atom. The van der Waals surface area contributed by atoms with Gasteiger partial charge in [0.1, 0.15) is 6.10 Å². The number of benzene rings is 1. The van der Waals surface area contributed by atoms with Gasteiger partial charge in [-0.15, -0.1) is 0 Å². The quantitative estimate of drug-likeness (QED) is 0.859. The molecule has 0 radical (unpaired) electrons. The summed E-state index contributed by atoms with van der Waals surface area (Å²) in [6.45, 7) is 0.715. The van der Waals surface area contributed by atoms with Gasteiger partial charge in [-0.2, -0.15) is 16.7 Å². The van der Waals surface area contributed by atoms with Crippen molar-refractivity contribution in [2.45, 2.75) is 6.10 Å². The van der Waals surface area contributed by atoms with Gasteiger partial charge in [0.2, 0.25) is 5.82 Å². The summed E-state index contributed by atoms with van der Waals surface area (Å²) >= 11 is 7.80. The van der Waals surface area contributed by atoms with E-state index >= 15 is 0 Å². The van der Waals surface area contributed by atoms with Crippen LogP contribution in [0.3, 0.4) is 0 Å². The fourth-order valence-corrected chi connectivity index (χ4v) is 2.80. The van der Waals surface area contributed by atoms with Crippen molar-refractivity contribution in [3.63, 3.8) is 0 Å². The average Bonchev–Trinajstić information content (AvgIpc) is 2.93. The van der Waals surface area contributed by atoms with Crippen LogP contribution in [0.15, 0.2) is 22.7 Å². The van der Waals surface area contributed by atoms with Crippen LogP contribution in [0.5, 0.6) is 0 Å². The molecular weight excluding hydrogens is 286 g/mol. The largest absolute Gasteiger partial charge is 0.398 e. The van der Waals surface area contributed by atoms with E-state index in [1.807, 2.05) is 11.8 Å². The first-order chi connectivity index (χ1) is 9.24. The van der Waals surface area contributed by atoms with Crippen molar-refractivity contribution in [3.05, 3.63) is 29.0 Å². The lowest BCUT2D eigenvalue weighted by Gasteiger charge is -2.18. The minimum absolute atomic E-state index is 0.0968. The van der Waals surface area contributed by atoms with Crippen LogP contribution in [0.4, 0.5) is 5.69 Å². The van der Waals surface area contributed by atoms with Crippen LogP contribution in [0.2, 0.25) is 5.02 Å². The van der Waals surface area contributed by atoms with Crippen LogP contribution in [-0.4, -0.2) is 28.3 Å². The zero-order valence-electron chi connectivity index (χ0n) is 10.0. The molecular formula is C12H12ClN3O2S. The molecule has 2 aromatic rings. The predicted octanol–water partition coefficient (Wildman–Crippen LogP) is 2.78. The Bertz CT molecular complexity index is 584. The molecule has 1 aliphatic rings. The van der Waals surface area contributed by atoms with Gasteiger partial charge in [0.05, 0.1) is 17.3 Å². The summed E-state index contributed by atoms with van der Waals surface area (Å²) in [7, 11) is 0. The summed E-state index contributed by atoms with van der Waals surface area (Å²) in [6.07, 6.45) is -0.0968. The minimum atomic E-state index is -0.0968. The highest BCUT2D eigenvalue weighted by molar-refractivity contribution is 7.99. The smallest absolute Gasteiger partial charge is 0.258 e. The zero-order valence-corrected chi connectivity index (χ0v) is 11.6. The molecule has 5 nitrogen and oxygen atoms in total. The Morgan fingerprint density at radius 2 is 2.32 bits per heavy atom. The fraction of sp³-hybridized carbons (Fsp3) is 0.333. The van der Waals surface area contributed by atoms with Gasteiger partial charge in [-0.1, -0.05) is 16.8 Å². The first kappa shape index (κ1) is 12.8. The summed E-state index contributed by atoms with van der Waals surface area (Å²) in [5, 5.41) is 4.44. The molecule has 19 heavy (non-hydrogen) atoms. The highest BCUT2D eigenvalue weighted by Crippen LogP contribution is 2.29. The molecule has 0 spiro atoms. The number of anilines is 1.